The molecule has 3 aromatic rings. The zero-order chi connectivity index (χ0) is 25.9. The van der Waals surface area contributed by atoms with E-state index in [2.05, 4.69) is 27.2 Å². The van der Waals surface area contributed by atoms with Crippen LogP contribution >= 0.6 is 11.6 Å². The molecule has 2 N–H and O–H groups in total. The molecule has 1 saturated heterocycles. The Morgan fingerprint density at radius 3 is 2.56 bits per heavy atom. The quantitative estimate of drug-likeness (QED) is 0.514. The number of nitrogens with zero attached hydrogens (tertiary/aromatic N) is 3. The first-order valence-electron chi connectivity index (χ1n) is 11.7. The molecule has 0 atom stereocenters. The van der Waals surface area contributed by atoms with Crippen LogP contribution in [0.25, 0.3) is 10.9 Å². The molecule has 8 nitrogen and oxygen atoms in total. The Hall–Kier alpha value is -3.22. The maximum absolute atomic E-state index is 13.5. The van der Waals surface area contributed by atoms with Crippen LogP contribution < -0.4 is 10.7 Å². The molecule has 0 saturated carbocycles. The van der Waals surface area contributed by atoms with Crippen LogP contribution in [0.15, 0.2) is 41.2 Å². The molecule has 1 aliphatic heterocycles. The summed E-state index contributed by atoms with van der Waals surface area (Å²) in [6, 6.07) is 10.8. The van der Waals surface area contributed by atoms with Crippen molar-refractivity contribution in [2.45, 2.75) is 32.5 Å². The van der Waals surface area contributed by atoms with Crippen LogP contribution in [0.3, 0.4) is 0 Å². The number of carbonyl (C=O) groups excluding carboxylic acids is 1. The number of aliphatic hydroxyl groups is 1. The lowest BCUT2D eigenvalue weighted by molar-refractivity contribution is 0.0342. The summed E-state index contributed by atoms with van der Waals surface area (Å²) in [4.78, 5) is 28.7. The molecule has 2 heterocycles. The SMILES string of the molecule is Cn1nc(C(=O)NCc2ccc(Cl)cc2)c(=O)c2cc(CN3CCOCC3)cc(C#CC(C)(C)O)c21. The lowest BCUT2D eigenvalue weighted by atomic mass is 10.0. The number of fused-ring (bicyclic) bond motifs is 1. The molecular formula is C27H29ClN4O4. The zero-order valence-electron chi connectivity index (χ0n) is 20.6. The number of hydrogen-bond donors (Lipinski definition) is 2. The molecule has 0 unspecified atom stereocenters. The fourth-order valence-electron chi connectivity index (χ4n) is 4.03. The first-order chi connectivity index (χ1) is 17.1. The van der Waals surface area contributed by atoms with Gasteiger partial charge in [0.25, 0.3) is 5.91 Å². The molecular weight excluding hydrogens is 480 g/mol. The highest BCUT2D eigenvalue weighted by molar-refractivity contribution is 6.30. The molecule has 36 heavy (non-hydrogen) atoms. The van der Waals surface area contributed by atoms with Crippen molar-refractivity contribution in [3.63, 3.8) is 0 Å². The van der Waals surface area contributed by atoms with Gasteiger partial charge in [0.05, 0.1) is 29.7 Å². The number of carbonyl (C=O) groups is 1. The number of hydrogen-bond acceptors (Lipinski definition) is 6. The van der Waals surface area contributed by atoms with E-state index in [4.69, 9.17) is 16.3 Å². The number of amides is 1. The second kappa shape index (κ2) is 10.8. The number of aryl methyl sites for hydroxylation is 1. The Morgan fingerprint density at radius 1 is 1.19 bits per heavy atom. The fourth-order valence-corrected chi connectivity index (χ4v) is 4.16. The third-order valence-electron chi connectivity index (χ3n) is 5.80. The van der Waals surface area contributed by atoms with Gasteiger partial charge in [-0.3, -0.25) is 19.2 Å². The monoisotopic (exact) mass is 508 g/mol. The van der Waals surface area contributed by atoms with E-state index in [1.807, 2.05) is 6.07 Å². The van der Waals surface area contributed by atoms with E-state index in [9.17, 15) is 14.7 Å². The van der Waals surface area contributed by atoms with Crippen molar-refractivity contribution in [1.29, 1.82) is 0 Å². The van der Waals surface area contributed by atoms with Crippen molar-refractivity contribution in [3.8, 4) is 11.8 Å². The van der Waals surface area contributed by atoms with Gasteiger partial charge in [-0.05, 0) is 49.2 Å². The van der Waals surface area contributed by atoms with Crippen LogP contribution in [0, 0.1) is 11.8 Å². The van der Waals surface area contributed by atoms with Gasteiger partial charge in [-0.1, -0.05) is 35.6 Å². The number of ether oxygens (including phenoxy) is 1. The number of aromatic nitrogens is 2. The maximum Gasteiger partial charge on any atom is 0.276 e. The van der Waals surface area contributed by atoms with Gasteiger partial charge >= 0.3 is 0 Å². The van der Waals surface area contributed by atoms with Crippen LogP contribution in [0.5, 0.6) is 0 Å². The van der Waals surface area contributed by atoms with Crippen LogP contribution in [0.2, 0.25) is 5.02 Å². The summed E-state index contributed by atoms with van der Waals surface area (Å²) in [7, 11) is 1.68. The third kappa shape index (κ3) is 6.31. The lowest BCUT2D eigenvalue weighted by Crippen LogP contribution is -2.35. The van der Waals surface area contributed by atoms with E-state index in [1.54, 1.807) is 51.2 Å². The van der Waals surface area contributed by atoms with E-state index in [1.165, 1.54) is 4.68 Å². The summed E-state index contributed by atoms with van der Waals surface area (Å²) < 4.78 is 6.94. The minimum atomic E-state index is -1.21. The van der Waals surface area contributed by atoms with E-state index >= 15 is 0 Å². The van der Waals surface area contributed by atoms with Gasteiger partial charge < -0.3 is 15.2 Å². The van der Waals surface area contributed by atoms with Gasteiger partial charge in [-0.2, -0.15) is 5.10 Å². The molecule has 1 amide bonds. The second-order valence-electron chi connectivity index (χ2n) is 9.35. The van der Waals surface area contributed by atoms with Gasteiger partial charge in [0.15, 0.2) is 5.69 Å². The van der Waals surface area contributed by atoms with Gasteiger partial charge in [0, 0.05) is 38.2 Å². The van der Waals surface area contributed by atoms with E-state index in [0.29, 0.717) is 41.2 Å². The number of rotatable bonds is 5. The summed E-state index contributed by atoms with van der Waals surface area (Å²) in [5, 5.41) is 18.2. The predicted molar refractivity (Wildman–Crippen MR) is 139 cm³/mol. The van der Waals surface area contributed by atoms with Gasteiger partial charge in [-0.15, -0.1) is 0 Å². The normalized spacial score (nSPS) is 14.4. The van der Waals surface area contributed by atoms with Gasteiger partial charge in [-0.25, -0.2) is 0 Å². The number of nitrogens with one attached hydrogen (secondary N) is 1. The van der Waals surface area contributed by atoms with Gasteiger partial charge in [0.2, 0.25) is 5.43 Å². The van der Waals surface area contributed by atoms with Crippen molar-refractivity contribution in [1.82, 2.24) is 20.0 Å². The average Bonchev–Trinajstić information content (AvgIpc) is 2.84. The highest BCUT2D eigenvalue weighted by Crippen LogP contribution is 2.20. The van der Waals surface area contributed by atoms with E-state index in [-0.39, 0.29) is 12.2 Å². The van der Waals surface area contributed by atoms with Crippen molar-refractivity contribution in [2.24, 2.45) is 7.05 Å². The smallest absolute Gasteiger partial charge is 0.276 e. The molecule has 0 bridgehead atoms. The third-order valence-corrected chi connectivity index (χ3v) is 6.05. The zero-order valence-corrected chi connectivity index (χ0v) is 21.4. The van der Waals surface area contributed by atoms with Crippen LogP contribution in [-0.4, -0.2) is 57.6 Å². The highest BCUT2D eigenvalue weighted by Gasteiger charge is 2.20. The lowest BCUT2D eigenvalue weighted by Gasteiger charge is -2.26. The molecule has 1 aliphatic rings. The molecule has 0 spiro atoms. The van der Waals surface area contributed by atoms with Crippen LogP contribution in [-0.2, 0) is 24.9 Å². The Labute approximate surface area is 214 Å². The first-order valence-corrected chi connectivity index (χ1v) is 12.1. The number of morpholine rings is 1. The fraction of sp³-hybridized carbons (Fsp3) is 0.370. The molecule has 1 aromatic heterocycles. The van der Waals surface area contributed by atoms with E-state index < -0.39 is 16.9 Å². The number of halogens is 1. The molecule has 188 valence electrons. The summed E-state index contributed by atoms with van der Waals surface area (Å²) in [5.74, 6) is 5.29. The molecule has 4 rings (SSSR count). The topological polar surface area (TPSA) is 96.7 Å². The Kier molecular flexibility index (Phi) is 7.76. The predicted octanol–water partition coefficient (Wildman–Crippen LogP) is 2.47. The summed E-state index contributed by atoms with van der Waals surface area (Å²) in [6.45, 7) is 6.93. The molecule has 2 aromatic carbocycles. The molecule has 0 radical (unpaired) electrons. The van der Waals surface area contributed by atoms with Crippen molar-refractivity contribution in [2.75, 3.05) is 26.3 Å². The van der Waals surface area contributed by atoms with Crippen LogP contribution in [0.1, 0.15) is 41.0 Å². The summed E-state index contributed by atoms with van der Waals surface area (Å²) in [6.07, 6.45) is 0. The highest BCUT2D eigenvalue weighted by atomic mass is 35.5. The second-order valence-corrected chi connectivity index (χ2v) is 9.78. The Bertz CT molecular complexity index is 1390. The minimum absolute atomic E-state index is 0.191. The van der Waals surface area contributed by atoms with Gasteiger partial charge in [0.1, 0.15) is 5.60 Å². The minimum Gasteiger partial charge on any atom is -0.379 e. The van der Waals surface area contributed by atoms with Crippen molar-refractivity contribution < 1.29 is 14.6 Å². The molecule has 0 aliphatic carbocycles. The number of benzene rings is 2. The Morgan fingerprint density at radius 2 is 1.89 bits per heavy atom. The summed E-state index contributed by atoms with van der Waals surface area (Å²) >= 11 is 5.92. The summed E-state index contributed by atoms with van der Waals surface area (Å²) in [5.41, 5.74) is 0.952. The van der Waals surface area contributed by atoms with Crippen LogP contribution in [0.4, 0.5) is 0 Å². The largest absolute Gasteiger partial charge is 0.379 e. The maximum atomic E-state index is 13.5. The first kappa shape index (κ1) is 25.9. The standard InChI is InChI=1S/C27H29ClN4O4/c1-27(2,35)9-8-20-14-19(17-32-10-12-36-13-11-32)15-22-24(20)31(3)30-23(25(22)33)26(34)29-16-18-4-6-21(28)7-5-18/h4-7,14-15,35H,10-13,16-17H2,1-3H3,(H,29,34). The van der Waals surface area contributed by atoms with Crippen molar-refractivity contribution >= 4 is 28.4 Å². The van der Waals surface area contributed by atoms with Crippen molar-refractivity contribution in [3.05, 3.63) is 74.0 Å². The average molecular weight is 509 g/mol. The molecule has 9 heteroatoms. The Balaban J connectivity index is 1.74. The van der Waals surface area contributed by atoms with E-state index in [0.717, 1.165) is 24.2 Å². The molecule has 1 fully saturated rings.